The van der Waals surface area contributed by atoms with Gasteiger partial charge in [0.05, 0.1) is 6.04 Å². The summed E-state index contributed by atoms with van der Waals surface area (Å²) in [6, 6.07) is 4.33. The number of rotatable bonds is 5. The number of nitrogens with two attached hydrogens (primary N) is 1. The molecule has 0 aliphatic rings. The van der Waals surface area contributed by atoms with Crippen molar-refractivity contribution in [3.63, 3.8) is 0 Å². The van der Waals surface area contributed by atoms with Gasteiger partial charge in [0.1, 0.15) is 11.8 Å². The third-order valence-corrected chi connectivity index (χ3v) is 2.40. The maximum Gasteiger partial charge on any atom is 0.326 e. The van der Waals surface area contributed by atoms with Gasteiger partial charge in [-0.3, -0.25) is 4.79 Å². The quantitative estimate of drug-likeness (QED) is 0.582. The molecule has 0 radical (unpaired) electrons. The largest absolute Gasteiger partial charge is 0.508 e. The van der Waals surface area contributed by atoms with Crippen LogP contribution in [0, 0.1) is 0 Å². The summed E-state index contributed by atoms with van der Waals surface area (Å²) in [4.78, 5) is 22.4. The molecule has 2 atom stereocenters. The first-order valence-electron chi connectivity index (χ1n) is 5.47. The summed E-state index contributed by atoms with van der Waals surface area (Å²) in [6.07, 6.45) is 0.133. The average molecular weight is 252 g/mol. The van der Waals surface area contributed by atoms with Gasteiger partial charge in [-0.2, -0.15) is 0 Å². The number of carbonyl (C=O) groups excluding carboxylic acids is 1. The van der Waals surface area contributed by atoms with Gasteiger partial charge in [-0.1, -0.05) is 12.1 Å². The minimum absolute atomic E-state index is 0.102. The van der Waals surface area contributed by atoms with Gasteiger partial charge in [0.2, 0.25) is 5.91 Å². The molecule has 0 aliphatic carbocycles. The highest BCUT2D eigenvalue weighted by Crippen LogP contribution is 2.11. The van der Waals surface area contributed by atoms with Gasteiger partial charge >= 0.3 is 5.97 Å². The molecular formula is C12H16N2O4. The second-order valence-electron chi connectivity index (χ2n) is 4.06. The fourth-order valence-corrected chi connectivity index (χ4v) is 1.37. The minimum Gasteiger partial charge on any atom is -0.508 e. The van der Waals surface area contributed by atoms with Crippen LogP contribution in [0.1, 0.15) is 12.5 Å². The molecule has 0 bridgehead atoms. The fraction of sp³-hybridized carbons (Fsp3) is 0.333. The number of carbonyl (C=O) groups is 2. The van der Waals surface area contributed by atoms with Crippen molar-refractivity contribution in [3.8, 4) is 5.75 Å². The molecule has 6 nitrogen and oxygen atoms in total. The van der Waals surface area contributed by atoms with E-state index in [4.69, 9.17) is 15.9 Å². The summed E-state index contributed by atoms with van der Waals surface area (Å²) < 4.78 is 0. The van der Waals surface area contributed by atoms with E-state index < -0.39 is 24.0 Å². The SMILES string of the molecule is C[C@@H](N)C(=O)N[C@H](Cc1ccc(O)cc1)C(=O)O. The van der Waals surface area contributed by atoms with Crippen LogP contribution in [0.15, 0.2) is 24.3 Å². The number of hydrogen-bond donors (Lipinski definition) is 4. The van der Waals surface area contributed by atoms with Crippen LogP contribution in [-0.2, 0) is 16.0 Å². The Labute approximate surface area is 104 Å². The van der Waals surface area contributed by atoms with Crippen LogP contribution < -0.4 is 11.1 Å². The third-order valence-electron chi connectivity index (χ3n) is 2.40. The van der Waals surface area contributed by atoms with E-state index in [0.29, 0.717) is 5.56 Å². The van der Waals surface area contributed by atoms with Crippen LogP contribution in [0.5, 0.6) is 5.75 Å². The molecule has 1 aromatic carbocycles. The van der Waals surface area contributed by atoms with E-state index in [1.54, 1.807) is 12.1 Å². The number of carboxylic acids is 1. The topological polar surface area (TPSA) is 113 Å². The number of carboxylic acid groups (broad SMARTS) is 1. The molecule has 0 unspecified atom stereocenters. The number of hydrogen-bond acceptors (Lipinski definition) is 4. The molecular weight excluding hydrogens is 236 g/mol. The number of amides is 1. The minimum atomic E-state index is -1.13. The summed E-state index contributed by atoms with van der Waals surface area (Å²) in [7, 11) is 0. The monoisotopic (exact) mass is 252 g/mol. The lowest BCUT2D eigenvalue weighted by atomic mass is 10.1. The van der Waals surface area contributed by atoms with Crippen molar-refractivity contribution in [3.05, 3.63) is 29.8 Å². The Hall–Kier alpha value is -2.08. The number of phenolic OH excluding ortho intramolecular Hbond substituents is 1. The summed E-state index contributed by atoms with van der Waals surface area (Å²) in [6.45, 7) is 1.48. The Morgan fingerprint density at radius 1 is 1.33 bits per heavy atom. The van der Waals surface area contributed by atoms with E-state index in [0.717, 1.165) is 0 Å². The normalized spacial score (nSPS) is 13.7. The molecule has 0 aromatic heterocycles. The van der Waals surface area contributed by atoms with Crippen LogP contribution in [-0.4, -0.2) is 34.2 Å². The number of phenols is 1. The van der Waals surface area contributed by atoms with E-state index in [1.807, 2.05) is 0 Å². The first-order valence-corrected chi connectivity index (χ1v) is 5.47. The van der Waals surface area contributed by atoms with E-state index >= 15 is 0 Å². The number of benzene rings is 1. The lowest BCUT2D eigenvalue weighted by Crippen LogP contribution is -2.48. The van der Waals surface area contributed by atoms with E-state index in [9.17, 15) is 9.59 Å². The molecule has 98 valence electrons. The number of aliphatic carboxylic acids is 1. The van der Waals surface area contributed by atoms with Crippen LogP contribution in [0.4, 0.5) is 0 Å². The van der Waals surface area contributed by atoms with Crippen molar-refractivity contribution in [2.24, 2.45) is 5.73 Å². The molecule has 5 N–H and O–H groups in total. The zero-order valence-electron chi connectivity index (χ0n) is 9.96. The summed E-state index contributed by atoms with van der Waals surface area (Å²) in [5.74, 6) is -1.54. The predicted octanol–water partition coefficient (Wildman–Crippen LogP) is -0.149. The maximum atomic E-state index is 11.4. The first-order chi connectivity index (χ1) is 8.40. The van der Waals surface area contributed by atoms with Gasteiger partial charge in [0, 0.05) is 6.42 Å². The Bertz CT molecular complexity index is 428. The van der Waals surface area contributed by atoms with Gasteiger partial charge in [0.25, 0.3) is 0 Å². The standard InChI is InChI=1S/C12H16N2O4/c1-7(13)11(16)14-10(12(17)18)6-8-2-4-9(15)5-3-8/h2-5,7,10,15H,6,13H2,1H3,(H,14,16)(H,17,18)/t7-,10-/m1/s1. The van der Waals surface area contributed by atoms with Gasteiger partial charge in [0.15, 0.2) is 0 Å². The van der Waals surface area contributed by atoms with Gasteiger partial charge in [-0.05, 0) is 24.6 Å². The molecule has 0 heterocycles. The summed E-state index contributed by atoms with van der Waals surface area (Å²) in [5.41, 5.74) is 6.06. The molecule has 0 saturated carbocycles. The van der Waals surface area contributed by atoms with Crippen molar-refractivity contribution in [1.82, 2.24) is 5.32 Å². The predicted molar refractivity (Wildman–Crippen MR) is 65.0 cm³/mol. The van der Waals surface area contributed by atoms with Crippen molar-refractivity contribution in [1.29, 1.82) is 0 Å². The van der Waals surface area contributed by atoms with Crippen LogP contribution in [0.25, 0.3) is 0 Å². The van der Waals surface area contributed by atoms with Crippen LogP contribution >= 0.6 is 0 Å². The van der Waals surface area contributed by atoms with Gasteiger partial charge < -0.3 is 21.3 Å². The second kappa shape index (κ2) is 6.02. The molecule has 0 aliphatic heterocycles. The highest BCUT2D eigenvalue weighted by molar-refractivity contribution is 5.86. The highest BCUT2D eigenvalue weighted by Gasteiger charge is 2.21. The average Bonchev–Trinajstić information content (AvgIpc) is 2.30. The molecule has 18 heavy (non-hydrogen) atoms. The van der Waals surface area contributed by atoms with Gasteiger partial charge in [-0.15, -0.1) is 0 Å². The second-order valence-corrected chi connectivity index (χ2v) is 4.06. The maximum absolute atomic E-state index is 11.4. The van der Waals surface area contributed by atoms with Gasteiger partial charge in [-0.25, -0.2) is 4.79 Å². The van der Waals surface area contributed by atoms with E-state index in [1.165, 1.54) is 19.1 Å². The Balaban J connectivity index is 2.72. The lowest BCUT2D eigenvalue weighted by Gasteiger charge is -2.16. The zero-order valence-corrected chi connectivity index (χ0v) is 9.96. The smallest absolute Gasteiger partial charge is 0.326 e. The molecule has 1 aromatic rings. The molecule has 0 spiro atoms. The third kappa shape index (κ3) is 4.06. The van der Waals surface area contributed by atoms with Crippen molar-refractivity contribution in [2.45, 2.75) is 25.4 Å². The molecule has 0 saturated heterocycles. The van der Waals surface area contributed by atoms with Crippen LogP contribution in [0.3, 0.4) is 0 Å². The number of aromatic hydroxyl groups is 1. The van der Waals surface area contributed by atoms with E-state index in [-0.39, 0.29) is 12.2 Å². The van der Waals surface area contributed by atoms with Crippen molar-refractivity contribution in [2.75, 3.05) is 0 Å². The highest BCUT2D eigenvalue weighted by atomic mass is 16.4. The Kier molecular flexibility index (Phi) is 4.67. The fourth-order valence-electron chi connectivity index (χ4n) is 1.37. The first kappa shape index (κ1) is 14.0. The van der Waals surface area contributed by atoms with Crippen molar-refractivity contribution < 1.29 is 19.8 Å². The molecule has 6 heteroatoms. The molecule has 1 rings (SSSR count). The van der Waals surface area contributed by atoms with Crippen molar-refractivity contribution >= 4 is 11.9 Å². The van der Waals surface area contributed by atoms with Crippen LogP contribution in [0.2, 0.25) is 0 Å². The lowest BCUT2D eigenvalue weighted by molar-refractivity contribution is -0.141. The molecule has 1 amide bonds. The van der Waals surface area contributed by atoms with E-state index in [2.05, 4.69) is 5.32 Å². The Morgan fingerprint density at radius 3 is 2.33 bits per heavy atom. The number of nitrogens with one attached hydrogen (secondary N) is 1. The zero-order chi connectivity index (χ0) is 13.7. The Morgan fingerprint density at radius 2 is 1.89 bits per heavy atom. The molecule has 0 fully saturated rings. The summed E-state index contributed by atoms with van der Waals surface area (Å²) >= 11 is 0. The summed E-state index contributed by atoms with van der Waals surface area (Å²) in [5, 5.41) is 20.5.